The first-order valence-electron chi connectivity index (χ1n) is 20.0. The molecular formula is C48H54F2N10O4. The lowest BCUT2D eigenvalue weighted by molar-refractivity contribution is -0.130. The summed E-state index contributed by atoms with van der Waals surface area (Å²) in [6, 6.07) is 24.0. The number of carbonyl (C=O) groups excluding carboxylic acids is 3. The van der Waals surface area contributed by atoms with Gasteiger partial charge in [-0.2, -0.15) is 8.78 Å². The molecule has 0 saturated heterocycles. The van der Waals surface area contributed by atoms with Gasteiger partial charge in [-0.1, -0.05) is 58.2 Å². The van der Waals surface area contributed by atoms with Gasteiger partial charge in [0.15, 0.2) is 29.3 Å². The zero-order valence-electron chi connectivity index (χ0n) is 34.8. The van der Waals surface area contributed by atoms with E-state index in [0.717, 1.165) is 6.29 Å². The van der Waals surface area contributed by atoms with Crippen LogP contribution in [0.3, 0.4) is 0 Å². The summed E-state index contributed by atoms with van der Waals surface area (Å²) >= 11 is 0. The second kappa shape index (κ2) is 19.0. The smallest absolute Gasteiger partial charge is 0.266 e. The van der Waals surface area contributed by atoms with Crippen LogP contribution in [0.5, 0.6) is 0 Å². The summed E-state index contributed by atoms with van der Waals surface area (Å²) in [6.45, 7) is 6.93. The number of aromatic nitrogens is 4. The topological polar surface area (TPSA) is 190 Å². The Kier molecular flexibility index (Phi) is 14.1. The normalized spacial score (nSPS) is 18.4. The first-order chi connectivity index (χ1) is 29.7. The molecule has 5 N–H and O–H groups in total. The minimum Gasteiger partial charge on any atom is -0.387 e. The third-order valence-electron chi connectivity index (χ3n) is 11.4. The molecule has 0 aliphatic carbocycles. The minimum absolute atomic E-state index is 0. The highest BCUT2D eigenvalue weighted by molar-refractivity contribution is 6.10. The van der Waals surface area contributed by atoms with E-state index in [2.05, 4.69) is 20.0 Å². The summed E-state index contributed by atoms with van der Waals surface area (Å²) in [5.41, 5.74) is 14.3. The number of aryl methyl sites for hydroxylation is 2. The zero-order chi connectivity index (χ0) is 44.5. The van der Waals surface area contributed by atoms with E-state index < -0.39 is 29.1 Å². The van der Waals surface area contributed by atoms with Crippen molar-refractivity contribution in [1.82, 2.24) is 28.9 Å². The van der Waals surface area contributed by atoms with Crippen molar-refractivity contribution in [3.8, 4) is 22.3 Å². The molecule has 6 heterocycles. The maximum absolute atomic E-state index is 14.4. The Morgan fingerprint density at radius 1 is 0.672 bits per heavy atom. The number of aliphatic hydroxyl groups excluding tert-OH is 1. The van der Waals surface area contributed by atoms with Crippen molar-refractivity contribution in [1.29, 1.82) is 0 Å². The predicted molar refractivity (Wildman–Crippen MR) is 244 cm³/mol. The molecule has 6 aromatic rings. The van der Waals surface area contributed by atoms with E-state index in [1.165, 1.54) is 22.2 Å². The molecule has 4 aromatic heterocycles. The van der Waals surface area contributed by atoms with Crippen LogP contribution in [0.1, 0.15) is 86.6 Å². The van der Waals surface area contributed by atoms with Crippen molar-refractivity contribution >= 4 is 30.0 Å². The second-order valence-corrected chi connectivity index (χ2v) is 14.9. The van der Waals surface area contributed by atoms with Gasteiger partial charge in [-0.05, 0) is 91.1 Å². The van der Waals surface area contributed by atoms with E-state index in [9.17, 15) is 28.3 Å². The van der Waals surface area contributed by atoms with E-state index >= 15 is 0 Å². The van der Waals surface area contributed by atoms with Crippen LogP contribution in [0.4, 0.5) is 8.78 Å². The molecule has 2 aliphatic heterocycles. The molecule has 0 bridgehead atoms. The number of nitrogens with two attached hydrogens (primary N) is 2. The maximum Gasteiger partial charge on any atom is 0.266 e. The summed E-state index contributed by atoms with van der Waals surface area (Å²) in [7, 11) is 3.12. The van der Waals surface area contributed by atoms with E-state index in [1.54, 1.807) is 104 Å². The molecule has 2 amide bonds. The Morgan fingerprint density at radius 3 is 1.50 bits per heavy atom. The van der Waals surface area contributed by atoms with Crippen molar-refractivity contribution in [2.45, 2.75) is 72.3 Å². The number of benzene rings is 2. The van der Waals surface area contributed by atoms with Gasteiger partial charge < -0.3 is 25.7 Å². The number of halogens is 2. The van der Waals surface area contributed by atoms with Crippen molar-refractivity contribution in [2.75, 3.05) is 14.1 Å². The third-order valence-corrected chi connectivity index (χ3v) is 11.4. The van der Waals surface area contributed by atoms with Crippen molar-refractivity contribution in [2.24, 2.45) is 21.5 Å². The highest BCUT2D eigenvalue weighted by Gasteiger charge is 2.52. The van der Waals surface area contributed by atoms with Crippen molar-refractivity contribution in [3.05, 3.63) is 155 Å². The number of guanidine groups is 2. The quantitative estimate of drug-likeness (QED) is 0.0916. The SMILES string of the molecule is C.C.CCC(O)c1cc(C2(c3cccc(-c4cccnc4F)c3)N=C(N)N(C)C2=O)cn1CC.CCn1cc(C2(c3cccc(-c4cccnc4F)c3)N=C(N)N(C)C2=O)cc1C=O. The lowest BCUT2D eigenvalue weighted by atomic mass is 9.83. The predicted octanol–water partition coefficient (Wildman–Crippen LogP) is 7.01. The number of pyridine rings is 2. The Morgan fingerprint density at radius 2 is 1.12 bits per heavy atom. The van der Waals surface area contributed by atoms with E-state index in [1.807, 2.05) is 37.6 Å². The highest BCUT2D eigenvalue weighted by Crippen LogP contribution is 2.43. The Balaban J connectivity index is 0.000000234. The fourth-order valence-electron chi connectivity index (χ4n) is 7.98. The van der Waals surface area contributed by atoms with Gasteiger partial charge in [0.1, 0.15) is 0 Å². The monoisotopic (exact) mass is 872 g/mol. The number of aldehydes is 1. The number of amides is 2. The summed E-state index contributed by atoms with van der Waals surface area (Å²) in [6.07, 6.45) is 6.92. The van der Waals surface area contributed by atoms with Gasteiger partial charge >= 0.3 is 0 Å². The number of aliphatic imine (C=N–C) groups is 2. The van der Waals surface area contributed by atoms with Crippen LogP contribution >= 0.6 is 0 Å². The lowest BCUT2D eigenvalue weighted by Crippen LogP contribution is -2.41. The molecule has 3 atom stereocenters. The van der Waals surface area contributed by atoms with Crippen LogP contribution in [0.15, 0.2) is 120 Å². The summed E-state index contributed by atoms with van der Waals surface area (Å²) in [4.78, 5) is 57.7. The molecule has 2 aromatic carbocycles. The van der Waals surface area contributed by atoms with Crippen LogP contribution in [-0.4, -0.2) is 78.1 Å². The molecule has 64 heavy (non-hydrogen) atoms. The van der Waals surface area contributed by atoms with Gasteiger partial charge in [-0.25, -0.2) is 20.0 Å². The zero-order valence-corrected chi connectivity index (χ0v) is 34.8. The van der Waals surface area contributed by atoms with Gasteiger partial charge in [-0.15, -0.1) is 0 Å². The van der Waals surface area contributed by atoms with Gasteiger partial charge in [0.25, 0.3) is 11.8 Å². The Hall–Kier alpha value is -7.33. The van der Waals surface area contributed by atoms with Gasteiger partial charge in [0, 0.05) is 79.9 Å². The van der Waals surface area contributed by atoms with Crippen molar-refractivity contribution in [3.63, 3.8) is 0 Å². The standard InChI is InChI=1S/C24H26FN5O2.C22H20FN5O2.2CH4/c1-4-20(31)19-13-17(14-30(19)5-2)24(22(32)29(3)23(26)28-24)16-9-6-8-15(12-16)18-10-7-11-27-21(18)25;1-3-28-12-16(11-17(28)13-29)22(20(30)27(2)21(24)26-22)15-7-4-6-14(10-15)18-8-5-9-25-19(18)23;;/h6-14,20,31H,4-5H2,1-3H3,(H2,26,28);4-13H,3H2,1-2H3,(H2,24,26);2*1H4. The second-order valence-electron chi connectivity index (χ2n) is 14.9. The lowest BCUT2D eigenvalue weighted by Gasteiger charge is -2.25. The van der Waals surface area contributed by atoms with Crippen LogP contribution < -0.4 is 11.5 Å². The van der Waals surface area contributed by atoms with Gasteiger partial charge in [-0.3, -0.25) is 24.2 Å². The average molecular weight is 873 g/mol. The van der Waals surface area contributed by atoms with E-state index in [0.29, 0.717) is 75.4 Å². The van der Waals surface area contributed by atoms with Gasteiger partial charge in [0.05, 0.1) is 11.8 Å². The van der Waals surface area contributed by atoms with Crippen LogP contribution in [0.2, 0.25) is 0 Å². The molecule has 14 nitrogen and oxygen atoms in total. The fourth-order valence-corrected chi connectivity index (χ4v) is 7.98. The molecule has 0 fully saturated rings. The van der Waals surface area contributed by atoms with E-state index in [-0.39, 0.29) is 38.6 Å². The van der Waals surface area contributed by atoms with Crippen LogP contribution in [0, 0.1) is 11.9 Å². The number of hydrogen-bond acceptors (Lipinski definition) is 10. The third kappa shape index (κ3) is 7.96. The summed E-state index contributed by atoms with van der Waals surface area (Å²) in [5.74, 6) is -1.71. The fraction of sp³-hybridized carbons (Fsp3) is 0.271. The number of hydrogen-bond donors (Lipinski definition) is 3. The largest absolute Gasteiger partial charge is 0.387 e. The molecule has 0 spiro atoms. The molecular weight excluding hydrogens is 819 g/mol. The number of aliphatic hydroxyl groups is 1. The highest BCUT2D eigenvalue weighted by atomic mass is 19.1. The maximum atomic E-state index is 14.4. The summed E-state index contributed by atoms with van der Waals surface area (Å²) in [5, 5.41) is 10.5. The summed E-state index contributed by atoms with van der Waals surface area (Å²) < 4.78 is 32.3. The van der Waals surface area contributed by atoms with E-state index in [4.69, 9.17) is 11.5 Å². The Labute approximate surface area is 371 Å². The number of carbonyl (C=O) groups is 3. The average Bonchev–Trinajstić information content (AvgIpc) is 4.04. The Bertz CT molecular complexity index is 2760. The minimum atomic E-state index is -1.47. The molecule has 0 radical (unpaired) electrons. The molecule has 334 valence electrons. The number of rotatable bonds is 11. The van der Waals surface area contributed by atoms with Crippen LogP contribution in [0.25, 0.3) is 22.3 Å². The molecule has 3 unspecified atom stereocenters. The first-order valence-corrected chi connectivity index (χ1v) is 20.0. The van der Waals surface area contributed by atoms with Crippen LogP contribution in [-0.2, 0) is 33.8 Å². The van der Waals surface area contributed by atoms with Gasteiger partial charge in [0.2, 0.25) is 11.9 Å². The number of nitrogens with zero attached hydrogens (tertiary/aromatic N) is 8. The molecule has 2 aliphatic rings. The molecule has 8 rings (SSSR count). The van der Waals surface area contributed by atoms with Crippen molar-refractivity contribution < 1.29 is 28.3 Å². The first kappa shape index (κ1) is 47.7. The number of likely N-dealkylation sites (N-methyl/N-ethyl adjacent to an activating group) is 2. The molecule has 0 saturated carbocycles. The molecule has 16 heteroatoms.